The summed E-state index contributed by atoms with van der Waals surface area (Å²) in [5, 5.41) is 2.74. The standard InChI is InChI=1S/C15H19N7O/c1-11-8-17-12(9-16-11)15(23)20-13-7-14(19-10-18-13)22-5-3-21(2)4-6-22/h7-10H,3-6H2,1-2H3,(H,18,19,20,23). The first-order valence-corrected chi connectivity index (χ1v) is 7.47. The first-order chi connectivity index (χ1) is 11.1. The van der Waals surface area contributed by atoms with Crippen molar-refractivity contribution in [3.05, 3.63) is 36.2 Å². The topological polar surface area (TPSA) is 87.1 Å². The molecule has 0 bridgehead atoms. The minimum atomic E-state index is -0.333. The maximum Gasteiger partial charge on any atom is 0.277 e. The van der Waals surface area contributed by atoms with Crippen molar-refractivity contribution in [2.75, 3.05) is 43.4 Å². The normalized spacial score (nSPS) is 15.5. The first-order valence-electron chi connectivity index (χ1n) is 7.47. The second-order valence-corrected chi connectivity index (χ2v) is 5.55. The average Bonchev–Trinajstić information content (AvgIpc) is 2.56. The van der Waals surface area contributed by atoms with Crippen LogP contribution in [0.3, 0.4) is 0 Å². The van der Waals surface area contributed by atoms with Gasteiger partial charge in [0, 0.05) is 38.4 Å². The van der Waals surface area contributed by atoms with Gasteiger partial charge < -0.3 is 15.1 Å². The molecule has 1 fully saturated rings. The van der Waals surface area contributed by atoms with E-state index in [4.69, 9.17) is 0 Å². The lowest BCUT2D eigenvalue weighted by Gasteiger charge is -2.33. The molecule has 0 saturated carbocycles. The number of anilines is 2. The van der Waals surface area contributed by atoms with Gasteiger partial charge in [0.1, 0.15) is 23.7 Å². The van der Waals surface area contributed by atoms with Crippen molar-refractivity contribution in [3.8, 4) is 0 Å². The molecule has 0 unspecified atom stereocenters. The molecule has 3 heterocycles. The molecule has 1 aliphatic heterocycles. The number of rotatable bonds is 3. The number of likely N-dealkylation sites (N-methyl/N-ethyl adjacent to an activating group) is 1. The average molecular weight is 313 g/mol. The van der Waals surface area contributed by atoms with Gasteiger partial charge in [-0.25, -0.2) is 15.0 Å². The van der Waals surface area contributed by atoms with Crippen molar-refractivity contribution < 1.29 is 4.79 Å². The number of hydrogen-bond acceptors (Lipinski definition) is 7. The lowest BCUT2D eigenvalue weighted by Crippen LogP contribution is -2.44. The van der Waals surface area contributed by atoms with Crippen LogP contribution in [0, 0.1) is 6.92 Å². The van der Waals surface area contributed by atoms with E-state index in [-0.39, 0.29) is 11.6 Å². The van der Waals surface area contributed by atoms with Crippen LogP contribution in [0.4, 0.5) is 11.6 Å². The highest BCUT2D eigenvalue weighted by Gasteiger charge is 2.16. The number of aryl methyl sites for hydroxylation is 1. The number of nitrogens with one attached hydrogen (secondary N) is 1. The molecule has 8 nitrogen and oxygen atoms in total. The Kier molecular flexibility index (Phi) is 4.42. The Bertz CT molecular complexity index is 680. The number of aromatic nitrogens is 4. The van der Waals surface area contributed by atoms with E-state index in [2.05, 4.69) is 42.1 Å². The Hall–Kier alpha value is -2.61. The Morgan fingerprint density at radius 3 is 2.57 bits per heavy atom. The van der Waals surface area contributed by atoms with Gasteiger partial charge in [0.25, 0.3) is 5.91 Å². The molecule has 120 valence electrons. The van der Waals surface area contributed by atoms with Crippen molar-refractivity contribution in [2.24, 2.45) is 0 Å². The number of hydrogen-bond donors (Lipinski definition) is 1. The Morgan fingerprint density at radius 2 is 1.87 bits per heavy atom. The highest BCUT2D eigenvalue weighted by Crippen LogP contribution is 2.16. The number of piperazine rings is 1. The molecule has 3 rings (SSSR count). The van der Waals surface area contributed by atoms with Crippen LogP contribution in [0.25, 0.3) is 0 Å². The van der Waals surface area contributed by atoms with Gasteiger partial charge in [-0.1, -0.05) is 0 Å². The zero-order chi connectivity index (χ0) is 16.2. The third-order valence-corrected chi connectivity index (χ3v) is 3.74. The Morgan fingerprint density at radius 1 is 1.09 bits per heavy atom. The van der Waals surface area contributed by atoms with Crippen molar-refractivity contribution in [1.82, 2.24) is 24.8 Å². The Labute approximate surface area is 134 Å². The van der Waals surface area contributed by atoms with Crippen molar-refractivity contribution in [2.45, 2.75) is 6.92 Å². The summed E-state index contributed by atoms with van der Waals surface area (Å²) in [5.74, 6) is 0.945. The molecular formula is C15H19N7O. The monoisotopic (exact) mass is 313 g/mol. The summed E-state index contributed by atoms with van der Waals surface area (Å²) >= 11 is 0. The molecule has 0 atom stereocenters. The first kappa shape index (κ1) is 15.3. The maximum absolute atomic E-state index is 12.2. The number of amides is 1. The lowest BCUT2D eigenvalue weighted by molar-refractivity contribution is 0.102. The quantitative estimate of drug-likeness (QED) is 0.887. The van der Waals surface area contributed by atoms with Gasteiger partial charge in [-0.05, 0) is 14.0 Å². The van der Waals surface area contributed by atoms with Gasteiger partial charge in [-0.15, -0.1) is 0 Å². The SMILES string of the molecule is Cc1cnc(C(=O)Nc2cc(N3CCN(C)CC3)ncn2)cn1. The number of carbonyl (C=O) groups excluding carboxylic acids is 1. The molecule has 23 heavy (non-hydrogen) atoms. The maximum atomic E-state index is 12.2. The molecule has 1 N–H and O–H groups in total. The van der Waals surface area contributed by atoms with Crippen LogP contribution < -0.4 is 10.2 Å². The highest BCUT2D eigenvalue weighted by molar-refractivity contribution is 6.02. The lowest BCUT2D eigenvalue weighted by atomic mass is 10.3. The van der Waals surface area contributed by atoms with Gasteiger partial charge in [-0.2, -0.15) is 0 Å². The van der Waals surface area contributed by atoms with Crippen LogP contribution in [-0.4, -0.2) is 64.0 Å². The van der Waals surface area contributed by atoms with E-state index in [1.165, 1.54) is 12.5 Å². The molecule has 0 aliphatic carbocycles. The molecule has 0 radical (unpaired) electrons. The van der Waals surface area contributed by atoms with E-state index in [1.54, 1.807) is 12.3 Å². The highest BCUT2D eigenvalue weighted by atomic mass is 16.1. The largest absolute Gasteiger partial charge is 0.354 e. The van der Waals surface area contributed by atoms with Crippen LogP contribution in [-0.2, 0) is 0 Å². The summed E-state index contributed by atoms with van der Waals surface area (Å²) < 4.78 is 0. The minimum Gasteiger partial charge on any atom is -0.354 e. The minimum absolute atomic E-state index is 0.260. The van der Waals surface area contributed by atoms with Crippen LogP contribution in [0.5, 0.6) is 0 Å². The van der Waals surface area contributed by atoms with Gasteiger partial charge in [0.2, 0.25) is 0 Å². The molecule has 0 spiro atoms. The third kappa shape index (κ3) is 3.78. The van der Waals surface area contributed by atoms with Crippen LogP contribution in [0.1, 0.15) is 16.2 Å². The van der Waals surface area contributed by atoms with Crippen LogP contribution >= 0.6 is 0 Å². The van der Waals surface area contributed by atoms with Gasteiger partial charge in [0.15, 0.2) is 0 Å². The second-order valence-electron chi connectivity index (χ2n) is 5.55. The fraction of sp³-hybridized carbons (Fsp3) is 0.400. The molecule has 8 heteroatoms. The molecule has 1 saturated heterocycles. The fourth-order valence-electron chi connectivity index (χ4n) is 2.31. The number of nitrogens with zero attached hydrogens (tertiary/aromatic N) is 6. The predicted octanol–water partition coefficient (Wildman–Crippen LogP) is 0.579. The summed E-state index contributed by atoms with van der Waals surface area (Å²) in [6, 6.07) is 1.78. The third-order valence-electron chi connectivity index (χ3n) is 3.74. The summed E-state index contributed by atoms with van der Waals surface area (Å²) in [7, 11) is 2.10. The van der Waals surface area contributed by atoms with Gasteiger partial charge in [0.05, 0.1) is 11.9 Å². The molecule has 2 aromatic heterocycles. The van der Waals surface area contributed by atoms with Crippen LogP contribution in [0.15, 0.2) is 24.8 Å². The summed E-state index contributed by atoms with van der Waals surface area (Å²) in [4.78, 5) is 33.2. The van der Waals surface area contributed by atoms with E-state index < -0.39 is 0 Å². The van der Waals surface area contributed by atoms with E-state index in [0.29, 0.717) is 5.82 Å². The van der Waals surface area contributed by atoms with E-state index in [1.807, 2.05) is 6.92 Å². The van der Waals surface area contributed by atoms with E-state index >= 15 is 0 Å². The zero-order valence-corrected chi connectivity index (χ0v) is 13.2. The van der Waals surface area contributed by atoms with E-state index in [9.17, 15) is 4.79 Å². The summed E-state index contributed by atoms with van der Waals surface area (Å²) in [6.07, 6.45) is 4.47. The predicted molar refractivity (Wildman–Crippen MR) is 86.5 cm³/mol. The Balaban J connectivity index is 1.70. The second kappa shape index (κ2) is 6.66. The van der Waals surface area contributed by atoms with Gasteiger partial charge >= 0.3 is 0 Å². The van der Waals surface area contributed by atoms with Crippen molar-refractivity contribution in [1.29, 1.82) is 0 Å². The molecule has 0 aromatic carbocycles. The molecule has 1 amide bonds. The summed E-state index contributed by atoms with van der Waals surface area (Å²) in [5.41, 5.74) is 1.02. The fourth-order valence-corrected chi connectivity index (χ4v) is 2.31. The van der Waals surface area contributed by atoms with Crippen molar-refractivity contribution >= 4 is 17.5 Å². The van der Waals surface area contributed by atoms with Crippen molar-refractivity contribution in [3.63, 3.8) is 0 Å². The van der Waals surface area contributed by atoms with Gasteiger partial charge in [-0.3, -0.25) is 9.78 Å². The molecular weight excluding hydrogens is 294 g/mol. The molecule has 1 aliphatic rings. The summed E-state index contributed by atoms with van der Waals surface area (Å²) in [6.45, 7) is 5.62. The van der Waals surface area contributed by atoms with E-state index in [0.717, 1.165) is 37.7 Å². The zero-order valence-electron chi connectivity index (χ0n) is 13.2. The molecule has 2 aromatic rings. The number of carbonyl (C=O) groups is 1. The van der Waals surface area contributed by atoms with Crippen LogP contribution in [0.2, 0.25) is 0 Å². The smallest absolute Gasteiger partial charge is 0.277 e.